The maximum Gasteiger partial charge on any atom is 0.408 e. The van der Waals surface area contributed by atoms with Crippen molar-refractivity contribution >= 4 is 23.0 Å². The third-order valence-corrected chi connectivity index (χ3v) is 3.59. The number of carboxylic acids is 1. The molecule has 1 heterocycles. The first kappa shape index (κ1) is 18.7. The fourth-order valence-corrected chi connectivity index (χ4v) is 2.47. The summed E-state index contributed by atoms with van der Waals surface area (Å²) in [5.41, 5.74) is 1.31. The molecule has 0 aliphatic heterocycles. The van der Waals surface area contributed by atoms with Crippen LogP contribution < -0.4 is 5.32 Å². The zero-order valence-corrected chi connectivity index (χ0v) is 14.8. The predicted molar refractivity (Wildman–Crippen MR) is 95.5 cm³/mol. The standard InChI is InChI=1S/C19H24N2O4/c1-19(2,3)25-18(24)21-16(17(22)23)10-6-7-13-11-14-8-4-5-9-15(14)20-12-13/h4-5,8-9,11-12,16H,6-7,10H2,1-3H3,(H,21,24)(H,22,23). The Balaban J connectivity index is 1.89. The molecule has 6 heteroatoms. The molecule has 0 saturated carbocycles. The highest BCUT2D eigenvalue weighted by Crippen LogP contribution is 2.15. The number of nitrogens with zero attached hydrogens (tertiary/aromatic N) is 1. The van der Waals surface area contributed by atoms with E-state index in [1.165, 1.54) is 0 Å². The van der Waals surface area contributed by atoms with Gasteiger partial charge in [-0.25, -0.2) is 9.59 Å². The number of aromatic nitrogens is 1. The summed E-state index contributed by atoms with van der Waals surface area (Å²) in [5, 5.41) is 12.7. The second-order valence-electron chi connectivity index (χ2n) is 6.97. The van der Waals surface area contributed by atoms with E-state index >= 15 is 0 Å². The Labute approximate surface area is 147 Å². The number of ether oxygens (including phenoxy) is 1. The van der Waals surface area contributed by atoms with Crippen molar-refractivity contribution in [1.29, 1.82) is 0 Å². The predicted octanol–water partition coefficient (Wildman–Crippen LogP) is 3.54. The Kier molecular flexibility index (Phi) is 5.96. The molecule has 1 aromatic carbocycles. The van der Waals surface area contributed by atoms with Gasteiger partial charge in [-0.1, -0.05) is 18.2 Å². The van der Waals surface area contributed by atoms with Gasteiger partial charge in [-0.3, -0.25) is 4.98 Å². The van der Waals surface area contributed by atoms with E-state index in [1.54, 1.807) is 27.0 Å². The maximum atomic E-state index is 11.7. The number of hydrogen-bond acceptors (Lipinski definition) is 4. The Hall–Kier alpha value is -2.63. The number of aryl methyl sites for hydroxylation is 1. The highest BCUT2D eigenvalue weighted by Gasteiger charge is 2.23. The molecule has 1 aromatic heterocycles. The van der Waals surface area contributed by atoms with Crippen molar-refractivity contribution in [1.82, 2.24) is 10.3 Å². The van der Waals surface area contributed by atoms with Gasteiger partial charge in [0.1, 0.15) is 11.6 Å². The molecule has 134 valence electrons. The van der Waals surface area contributed by atoms with Crippen LogP contribution in [0.15, 0.2) is 36.5 Å². The first-order valence-corrected chi connectivity index (χ1v) is 8.30. The quantitative estimate of drug-likeness (QED) is 0.837. The lowest BCUT2D eigenvalue weighted by Gasteiger charge is -2.22. The van der Waals surface area contributed by atoms with Crippen LogP contribution in [0.1, 0.15) is 39.2 Å². The summed E-state index contributed by atoms with van der Waals surface area (Å²) in [6, 6.07) is 8.93. The molecule has 2 rings (SSSR count). The molecule has 0 fully saturated rings. The van der Waals surface area contributed by atoms with Gasteiger partial charge in [0.05, 0.1) is 5.52 Å². The average molecular weight is 344 g/mol. The molecule has 1 unspecified atom stereocenters. The fraction of sp³-hybridized carbons (Fsp3) is 0.421. The third kappa shape index (κ3) is 6.06. The normalized spacial score (nSPS) is 12.6. The van der Waals surface area contributed by atoms with Crippen LogP contribution in [0, 0.1) is 0 Å². The number of amides is 1. The molecule has 0 bridgehead atoms. The minimum atomic E-state index is -1.07. The Bertz CT molecular complexity index is 752. The molecule has 6 nitrogen and oxygen atoms in total. The number of alkyl carbamates (subject to hydrolysis) is 1. The molecule has 1 atom stereocenters. The van der Waals surface area contributed by atoms with Crippen molar-refractivity contribution in [2.24, 2.45) is 0 Å². The first-order valence-electron chi connectivity index (χ1n) is 8.30. The SMILES string of the molecule is CC(C)(C)OC(=O)NC(CCCc1cnc2ccccc2c1)C(=O)O. The van der Waals surface area contributed by atoms with Crippen molar-refractivity contribution in [2.45, 2.75) is 51.7 Å². The van der Waals surface area contributed by atoms with Crippen molar-refractivity contribution in [3.8, 4) is 0 Å². The lowest BCUT2D eigenvalue weighted by atomic mass is 10.0. The number of benzene rings is 1. The van der Waals surface area contributed by atoms with E-state index in [1.807, 2.05) is 24.3 Å². The summed E-state index contributed by atoms with van der Waals surface area (Å²) in [4.78, 5) is 27.5. The van der Waals surface area contributed by atoms with Crippen LogP contribution in [0.3, 0.4) is 0 Å². The van der Waals surface area contributed by atoms with Gasteiger partial charge in [-0.2, -0.15) is 0 Å². The maximum absolute atomic E-state index is 11.7. The summed E-state index contributed by atoms with van der Waals surface area (Å²) in [6.07, 6.45) is 2.72. The third-order valence-electron chi connectivity index (χ3n) is 3.59. The number of nitrogens with one attached hydrogen (secondary N) is 1. The van der Waals surface area contributed by atoms with E-state index < -0.39 is 23.7 Å². The van der Waals surface area contributed by atoms with Gasteiger partial charge in [-0.15, -0.1) is 0 Å². The number of carboxylic acid groups (broad SMARTS) is 1. The van der Waals surface area contributed by atoms with Gasteiger partial charge < -0.3 is 15.2 Å². The number of carbonyl (C=O) groups is 2. The summed E-state index contributed by atoms with van der Waals surface area (Å²) < 4.78 is 5.11. The molecule has 25 heavy (non-hydrogen) atoms. The number of pyridine rings is 1. The summed E-state index contributed by atoms with van der Waals surface area (Å²) in [7, 11) is 0. The summed E-state index contributed by atoms with van der Waals surface area (Å²) in [5.74, 6) is -1.07. The van der Waals surface area contributed by atoms with Gasteiger partial charge >= 0.3 is 12.1 Å². The van der Waals surface area contributed by atoms with Crippen LogP contribution in [0.25, 0.3) is 10.9 Å². The van der Waals surface area contributed by atoms with E-state index in [0.29, 0.717) is 19.3 Å². The number of para-hydroxylation sites is 1. The van der Waals surface area contributed by atoms with E-state index in [4.69, 9.17) is 4.74 Å². The second kappa shape index (κ2) is 7.96. The zero-order valence-electron chi connectivity index (χ0n) is 14.8. The minimum Gasteiger partial charge on any atom is -0.480 e. The number of carbonyl (C=O) groups excluding carboxylic acids is 1. The summed E-state index contributed by atoms with van der Waals surface area (Å²) >= 11 is 0. The van der Waals surface area contributed by atoms with E-state index in [-0.39, 0.29) is 0 Å². The number of rotatable bonds is 6. The molecular formula is C19H24N2O4. The largest absolute Gasteiger partial charge is 0.480 e. The molecule has 0 aliphatic rings. The van der Waals surface area contributed by atoms with Crippen LogP contribution >= 0.6 is 0 Å². The monoisotopic (exact) mass is 344 g/mol. The number of fused-ring (bicyclic) bond motifs is 1. The second-order valence-corrected chi connectivity index (χ2v) is 6.97. The highest BCUT2D eigenvalue weighted by molar-refractivity contribution is 5.80. The van der Waals surface area contributed by atoms with Crippen molar-refractivity contribution in [3.63, 3.8) is 0 Å². The fourth-order valence-electron chi connectivity index (χ4n) is 2.47. The van der Waals surface area contributed by atoms with Gasteiger partial charge in [0.25, 0.3) is 0 Å². The van der Waals surface area contributed by atoms with E-state index in [2.05, 4.69) is 16.4 Å². The molecule has 2 N–H and O–H groups in total. The van der Waals surface area contributed by atoms with E-state index in [0.717, 1.165) is 16.5 Å². The lowest BCUT2D eigenvalue weighted by Crippen LogP contribution is -2.43. The topological polar surface area (TPSA) is 88.5 Å². The van der Waals surface area contributed by atoms with Crippen LogP contribution in [-0.2, 0) is 16.0 Å². The first-order chi connectivity index (χ1) is 11.7. The van der Waals surface area contributed by atoms with Crippen LogP contribution in [0.2, 0.25) is 0 Å². The zero-order chi connectivity index (χ0) is 18.4. The Morgan fingerprint density at radius 2 is 2.00 bits per heavy atom. The molecule has 0 radical (unpaired) electrons. The molecule has 0 aliphatic carbocycles. The van der Waals surface area contributed by atoms with Gasteiger partial charge in [0.15, 0.2) is 0 Å². The molecule has 2 aromatic rings. The van der Waals surface area contributed by atoms with Crippen molar-refractivity contribution < 1.29 is 19.4 Å². The molecule has 0 spiro atoms. The molecule has 0 saturated heterocycles. The van der Waals surface area contributed by atoms with Crippen LogP contribution in [0.5, 0.6) is 0 Å². The highest BCUT2D eigenvalue weighted by atomic mass is 16.6. The lowest BCUT2D eigenvalue weighted by molar-refractivity contribution is -0.139. The van der Waals surface area contributed by atoms with Gasteiger partial charge in [0, 0.05) is 11.6 Å². The number of hydrogen-bond donors (Lipinski definition) is 2. The Morgan fingerprint density at radius 3 is 2.68 bits per heavy atom. The van der Waals surface area contributed by atoms with Gasteiger partial charge in [-0.05, 0) is 57.7 Å². The van der Waals surface area contributed by atoms with Crippen molar-refractivity contribution in [2.75, 3.05) is 0 Å². The summed E-state index contributed by atoms with van der Waals surface area (Å²) in [6.45, 7) is 5.19. The minimum absolute atomic E-state index is 0.321. The molecule has 1 amide bonds. The van der Waals surface area contributed by atoms with Crippen LogP contribution in [0.4, 0.5) is 4.79 Å². The molecular weight excluding hydrogens is 320 g/mol. The average Bonchev–Trinajstić information content (AvgIpc) is 2.52. The number of aliphatic carboxylic acids is 1. The van der Waals surface area contributed by atoms with Crippen LogP contribution in [-0.4, -0.2) is 33.8 Å². The van der Waals surface area contributed by atoms with Crippen molar-refractivity contribution in [3.05, 3.63) is 42.1 Å². The Morgan fingerprint density at radius 1 is 1.28 bits per heavy atom. The smallest absolute Gasteiger partial charge is 0.408 e. The van der Waals surface area contributed by atoms with E-state index in [9.17, 15) is 14.7 Å². The van der Waals surface area contributed by atoms with Gasteiger partial charge in [0.2, 0.25) is 0 Å².